The zero-order chi connectivity index (χ0) is 13.2. The number of rotatable bonds is 3. The number of nitrogens with one attached hydrogen (secondary N) is 1. The molecule has 2 rings (SSSR count). The molecule has 88 valence electrons. The Kier molecular flexibility index (Phi) is 2.83. The lowest BCUT2D eigenvalue weighted by Crippen LogP contribution is -2.27. The average molecular weight is 226 g/mol. The molecule has 0 saturated carbocycles. The van der Waals surface area contributed by atoms with Gasteiger partial charge in [-0.2, -0.15) is 0 Å². The van der Waals surface area contributed by atoms with Gasteiger partial charge in [-0.1, -0.05) is 48.0 Å². The molecular formula is C16H19N. The molecule has 1 N–H and O–H groups in total. The van der Waals surface area contributed by atoms with E-state index in [0.29, 0.717) is 0 Å². The SMILES string of the molecule is [2H]N(c1ccc(C)cc1)C(C)(C)c1ccccc1. The molecule has 0 heterocycles. The van der Waals surface area contributed by atoms with E-state index < -0.39 is 0 Å². The predicted octanol–water partition coefficient (Wildman–Crippen LogP) is 4.34. The zero-order valence-corrected chi connectivity index (χ0v) is 10.6. The molecule has 0 saturated heterocycles. The molecule has 1 nitrogen and oxygen atoms in total. The lowest BCUT2D eigenvalue weighted by atomic mass is 9.94. The van der Waals surface area contributed by atoms with Crippen LogP contribution in [0.4, 0.5) is 5.69 Å². The third kappa shape index (κ3) is 2.88. The van der Waals surface area contributed by atoms with Crippen molar-refractivity contribution in [3.05, 3.63) is 65.7 Å². The molecule has 0 amide bonds. The third-order valence-electron chi connectivity index (χ3n) is 2.92. The number of benzene rings is 2. The van der Waals surface area contributed by atoms with Crippen molar-refractivity contribution < 1.29 is 1.41 Å². The van der Waals surface area contributed by atoms with Crippen LogP contribution in [0.15, 0.2) is 54.6 Å². The van der Waals surface area contributed by atoms with Crippen molar-refractivity contribution >= 4 is 5.69 Å². The van der Waals surface area contributed by atoms with Gasteiger partial charge in [-0.25, -0.2) is 0 Å². The largest absolute Gasteiger partial charge is 0.376 e. The molecule has 0 radical (unpaired) electrons. The van der Waals surface area contributed by atoms with E-state index in [2.05, 4.69) is 32.9 Å². The Labute approximate surface area is 105 Å². The van der Waals surface area contributed by atoms with E-state index in [1.54, 1.807) is 5.31 Å². The summed E-state index contributed by atoms with van der Waals surface area (Å²) in [6, 6.07) is 18.2. The summed E-state index contributed by atoms with van der Waals surface area (Å²) in [6.07, 6.45) is 0. The van der Waals surface area contributed by atoms with Crippen molar-refractivity contribution in [2.75, 3.05) is 5.31 Å². The monoisotopic (exact) mass is 226 g/mol. The average Bonchev–Trinajstić information content (AvgIpc) is 2.40. The van der Waals surface area contributed by atoms with Crippen molar-refractivity contribution in [2.24, 2.45) is 0 Å². The first-order chi connectivity index (χ1) is 8.51. The van der Waals surface area contributed by atoms with E-state index >= 15 is 0 Å². The van der Waals surface area contributed by atoms with Gasteiger partial charge in [0.05, 0.1) is 5.54 Å². The molecule has 0 aliphatic rings. The molecule has 17 heavy (non-hydrogen) atoms. The van der Waals surface area contributed by atoms with Crippen molar-refractivity contribution in [1.29, 1.82) is 0 Å². The van der Waals surface area contributed by atoms with Gasteiger partial charge in [-0.3, -0.25) is 0 Å². The summed E-state index contributed by atoms with van der Waals surface area (Å²) in [5.74, 6) is 0. The van der Waals surface area contributed by atoms with Crippen LogP contribution in [0.2, 0.25) is 1.41 Å². The first-order valence-electron chi connectivity index (χ1n) is 6.38. The second-order valence-corrected chi connectivity index (χ2v) is 4.87. The summed E-state index contributed by atoms with van der Waals surface area (Å²) in [5.41, 5.74) is 2.91. The summed E-state index contributed by atoms with van der Waals surface area (Å²) in [6.45, 7) is 6.19. The number of hydrogen-bond donors (Lipinski definition) is 1. The van der Waals surface area contributed by atoms with E-state index in [0.717, 1.165) is 11.3 Å². The van der Waals surface area contributed by atoms with Gasteiger partial charge >= 0.3 is 0 Å². The zero-order valence-electron chi connectivity index (χ0n) is 11.6. The Balaban J connectivity index is 2.32. The summed E-state index contributed by atoms with van der Waals surface area (Å²) >= 11 is 0. The molecule has 0 aromatic heterocycles. The fourth-order valence-corrected chi connectivity index (χ4v) is 1.85. The number of anilines is 1. The van der Waals surface area contributed by atoms with Crippen LogP contribution in [0, 0.1) is 6.92 Å². The van der Waals surface area contributed by atoms with Crippen molar-refractivity contribution in [2.45, 2.75) is 26.3 Å². The summed E-state index contributed by atoms with van der Waals surface area (Å²) in [5, 5.41) is 1.57. The standard InChI is InChI=1S/C16H19N/c1-13-9-11-15(12-10-13)17-16(2,3)14-7-5-4-6-8-14/h4-12,17H,1-3H3/i/hD. The Morgan fingerprint density at radius 2 is 1.53 bits per heavy atom. The highest BCUT2D eigenvalue weighted by Crippen LogP contribution is 2.25. The van der Waals surface area contributed by atoms with Crippen LogP contribution in [-0.4, -0.2) is 0 Å². The van der Waals surface area contributed by atoms with E-state index in [1.807, 2.05) is 42.5 Å². The van der Waals surface area contributed by atoms with Gasteiger partial charge in [-0.15, -0.1) is 0 Å². The van der Waals surface area contributed by atoms with Crippen LogP contribution in [-0.2, 0) is 5.54 Å². The second-order valence-electron chi connectivity index (χ2n) is 4.87. The van der Waals surface area contributed by atoms with Gasteiger partial charge in [0.25, 0.3) is 0 Å². The maximum atomic E-state index is 8.36. The molecule has 0 aliphatic heterocycles. The Morgan fingerprint density at radius 1 is 0.941 bits per heavy atom. The van der Waals surface area contributed by atoms with Gasteiger partial charge < -0.3 is 5.31 Å². The normalized spacial score (nSPS) is 12.1. The maximum absolute atomic E-state index is 8.36. The van der Waals surface area contributed by atoms with Crippen LogP contribution < -0.4 is 5.31 Å². The fraction of sp³-hybridized carbons (Fsp3) is 0.250. The van der Waals surface area contributed by atoms with Crippen LogP contribution in [0.3, 0.4) is 0 Å². The molecule has 0 bridgehead atoms. The quantitative estimate of drug-likeness (QED) is 0.820. The molecule has 0 aliphatic carbocycles. The smallest absolute Gasteiger partial charge is 0.161 e. The van der Waals surface area contributed by atoms with E-state index in [1.165, 1.54) is 5.56 Å². The van der Waals surface area contributed by atoms with Crippen molar-refractivity contribution in [3.8, 4) is 0 Å². The molecular weight excluding hydrogens is 206 g/mol. The lowest BCUT2D eigenvalue weighted by molar-refractivity contribution is 0.609. The first kappa shape index (κ1) is 10.4. The molecule has 0 spiro atoms. The Bertz CT molecular complexity index is 502. The second kappa shape index (κ2) is 4.62. The van der Waals surface area contributed by atoms with Crippen LogP contribution >= 0.6 is 0 Å². The molecule has 1 heteroatoms. The van der Waals surface area contributed by atoms with Crippen LogP contribution in [0.25, 0.3) is 0 Å². The highest BCUT2D eigenvalue weighted by Gasteiger charge is 2.19. The Morgan fingerprint density at radius 3 is 2.12 bits per heavy atom. The summed E-state index contributed by atoms with van der Waals surface area (Å²) in [4.78, 5) is 0. The number of aryl methyl sites for hydroxylation is 1. The number of hydrogen-bond acceptors (Lipinski definition) is 1. The van der Waals surface area contributed by atoms with Gasteiger partial charge in [0.1, 0.15) is 0 Å². The first-order valence-corrected chi connectivity index (χ1v) is 5.93. The maximum Gasteiger partial charge on any atom is 0.161 e. The molecule has 0 fully saturated rings. The third-order valence-corrected chi connectivity index (χ3v) is 2.92. The fourth-order valence-electron chi connectivity index (χ4n) is 1.85. The Hall–Kier alpha value is -1.76. The van der Waals surface area contributed by atoms with Gasteiger partial charge in [0.2, 0.25) is 0 Å². The summed E-state index contributed by atoms with van der Waals surface area (Å²) < 4.78 is 8.36. The van der Waals surface area contributed by atoms with Crippen molar-refractivity contribution in [1.82, 2.24) is 0 Å². The van der Waals surface area contributed by atoms with E-state index in [4.69, 9.17) is 1.41 Å². The van der Waals surface area contributed by atoms with E-state index in [-0.39, 0.29) is 5.54 Å². The van der Waals surface area contributed by atoms with Crippen LogP contribution in [0.5, 0.6) is 0 Å². The van der Waals surface area contributed by atoms with Gasteiger partial charge in [-0.05, 0) is 38.5 Å². The summed E-state index contributed by atoms with van der Waals surface area (Å²) in [7, 11) is 0. The minimum Gasteiger partial charge on any atom is -0.376 e. The highest BCUT2D eigenvalue weighted by molar-refractivity contribution is 5.48. The van der Waals surface area contributed by atoms with Gasteiger partial charge in [0, 0.05) is 5.69 Å². The predicted molar refractivity (Wildman–Crippen MR) is 74.3 cm³/mol. The molecule has 0 atom stereocenters. The molecule has 2 aromatic rings. The topological polar surface area (TPSA) is 12.0 Å². The van der Waals surface area contributed by atoms with Crippen molar-refractivity contribution in [3.63, 3.8) is 0 Å². The van der Waals surface area contributed by atoms with E-state index in [9.17, 15) is 0 Å². The molecule has 2 aromatic carbocycles. The minimum atomic E-state index is -0.351. The van der Waals surface area contributed by atoms with Crippen LogP contribution in [0.1, 0.15) is 25.0 Å². The van der Waals surface area contributed by atoms with Gasteiger partial charge in [0.15, 0.2) is 1.41 Å². The highest BCUT2D eigenvalue weighted by atomic mass is 15.0. The molecule has 0 unspecified atom stereocenters. The minimum absolute atomic E-state index is 0.351. The lowest BCUT2D eigenvalue weighted by Gasteiger charge is -2.28.